The van der Waals surface area contributed by atoms with E-state index in [4.69, 9.17) is 0 Å². The topological polar surface area (TPSA) is 123 Å². The van der Waals surface area contributed by atoms with Gasteiger partial charge in [0.15, 0.2) is 0 Å². The highest BCUT2D eigenvalue weighted by Gasteiger charge is 2.29. The summed E-state index contributed by atoms with van der Waals surface area (Å²) in [7, 11) is 0. The fourth-order valence-corrected chi connectivity index (χ4v) is 3.56. The average molecular weight is 329 g/mol. The number of nitrogens with zero attached hydrogens (tertiary/aromatic N) is 1. The second kappa shape index (κ2) is 7.32. The van der Waals surface area contributed by atoms with Gasteiger partial charge in [0.1, 0.15) is 0 Å². The Morgan fingerprint density at radius 2 is 1.71 bits per heavy atom. The molecular formula is C12H11NO6S2-2. The normalized spacial score (nSPS) is 11.1. The maximum Gasteiger partial charge on any atom is 0.269 e. The first kappa shape index (κ1) is 17.3. The summed E-state index contributed by atoms with van der Waals surface area (Å²) in [6.07, 6.45) is 0. The zero-order valence-electron chi connectivity index (χ0n) is 10.9. The Hall–Kier alpha value is -1.74. The van der Waals surface area contributed by atoms with Gasteiger partial charge in [0.05, 0.1) is 20.9 Å². The van der Waals surface area contributed by atoms with Crippen LogP contribution in [0.3, 0.4) is 0 Å². The highest BCUT2D eigenvalue weighted by molar-refractivity contribution is 8.18. The summed E-state index contributed by atoms with van der Waals surface area (Å²) >= 11 is 1.87. The Kier molecular flexibility index (Phi) is 6.03. The van der Waals surface area contributed by atoms with Crippen molar-refractivity contribution in [3.63, 3.8) is 0 Å². The molecule has 0 radical (unpaired) electrons. The van der Waals surface area contributed by atoms with Crippen molar-refractivity contribution in [3.8, 4) is 0 Å². The molecule has 0 atom stereocenters. The molecule has 7 nitrogen and oxygen atoms in total. The Morgan fingerprint density at radius 1 is 1.19 bits per heavy atom. The first-order chi connectivity index (χ1) is 9.74. The van der Waals surface area contributed by atoms with Crippen molar-refractivity contribution >= 4 is 41.1 Å². The quantitative estimate of drug-likeness (QED) is 0.363. The monoisotopic (exact) mass is 329 g/mol. The molecule has 0 saturated carbocycles. The highest BCUT2D eigenvalue weighted by atomic mass is 32.2. The number of non-ortho nitro benzene ring substituents is 1. The third-order valence-electron chi connectivity index (χ3n) is 2.51. The van der Waals surface area contributed by atoms with Crippen LogP contribution in [0.4, 0.5) is 5.69 Å². The van der Waals surface area contributed by atoms with Crippen LogP contribution in [-0.4, -0.2) is 28.4 Å². The number of nitro benzene ring substituents is 1. The van der Waals surface area contributed by atoms with Gasteiger partial charge in [-0.3, -0.25) is 10.1 Å². The number of carboxylic acid groups (broad SMARTS) is 2. The fourth-order valence-electron chi connectivity index (χ4n) is 1.50. The minimum Gasteiger partial charge on any atom is -0.549 e. The molecule has 114 valence electrons. The Labute approximate surface area is 128 Å². The lowest BCUT2D eigenvalue weighted by molar-refractivity contribution is -0.384. The summed E-state index contributed by atoms with van der Waals surface area (Å²) in [5.74, 6) is -3.32. The third-order valence-corrected chi connectivity index (χ3v) is 5.55. The van der Waals surface area contributed by atoms with E-state index >= 15 is 0 Å². The second-order valence-electron chi connectivity index (χ2n) is 4.07. The summed E-state index contributed by atoms with van der Waals surface area (Å²) in [4.78, 5) is 31.4. The number of benzene rings is 1. The largest absolute Gasteiger partial charge is 0.549 e. The van der Waals surface area contributed by atoms with Crippen LogP contribution >= 0.6 is 23.5 Å². The number of hydrogen-bond donors (Lipinski definition) is 0. The number of rotatable bonds is 8. The molecule has 0 amide bonds. The van der Waals surface area contributed by atoms with Crippen LogP contribution < -0.4 is 10.2 Å². The number of carbonyl (C=O) groups excluding carboxylic acids is 2. The summed E-state index contributed by atoms with van der Waals surface area (Å²) in [6.45, 7) is 1.60. The van der Waals surface area contributed by atoms with E-state index in [2.05, 4.69) is 0 Å². The van der Waals surface area contributed by atoms with Gasteiger partial charge in [-0.1, -0.05) is 12.1 Å². The molecule has 0 spiro atoms. The zero-order chi connectivity index (χ0) is 16.0. The molecule has 0 aliphatic carbocycles. The highest BCUT2D eigenvalue weighted by Crippen LogP contribution is 2.46. The SMILES string of the molecule is CC(SCC(=O)[O-])(SCC(=O)[O-])c1cccc([N+](=O)[O-])c1. The van der Waals surface area contributed by atoms with E-state index in [0.29, 0.717) is 5.56 Å². The molecule has 0 unspecified atom stereocenters. The fraction of sp³-hybridized carbons (Fsp3) is 0.333. The first-order valence-corrected chi connectivity index (χ1v) is 7.64. The summed E-state index contributed by atoms with van der Waals surface area (Å²) in [5.41, 5.74) is 0.302. The van der Waals surface area contributed by atoms with Crippen LogP contribution in [0.25, 0.3) is 0 Å². The molecule has 0 aromatic heterocycles. The number of thioether (sulfide) groups is 2. The number of hydrogen-bond acceptors (Lipinski definition) is 8. The van der Waals surface area contributed by atoms with Crippen LogP contribution in [0.5, 0.6) is 0 Å². The van der Waals surface area contributed by atoms with Crippen molar-refractivity contribution in [1.82, 2.24) is 0 Å². The Morgan fingerprint density at radius 3 is 2.14 bits per heavy atom. The Bertz CT molecular complexity index is 544. The molecule has 0 heterocycles. The number of carbonyl (C=O) groups is 2. The zero-order valence-corrected chi connectivity index (χ0v) is 12.6. The van der Waals surface area contributed by atoms with Crippen LogP contribution in [0.1, 0.15) is 12.5 Å². The van der Waals surface area contributed by atoms with E-state index in [1.807, 2.05) is 0 Å². The van der Waals surface area contributed by atoms with Gasteiger partial charge in [-0.05, 0) is 12.5 Å². The smallest absolute Gasteiger partial charge is 0.269 e. The van der Waals surface area contributed by atoms with Crippen LogP contribution in [0.15, 0.2) is 24.3 Å². The minimum absolute atomic E-state index is 0.151. The molecule has 0 fully saturated rings. The van der Waals surface area contributed by atoms with Gasteiger partial charge in [-0.25, -0.2) is 0 Å². The van der Waals surface area contributed by atoms with Crippen molar-refractivity contribution in [2.45, 2.75) is 11.0 Å². The molecule has 0 N–H and O–H groups in total. The van der Waals surface area contributed by atoms with Crippen molar-refractivity contribution in [1.29, 1.82) is 0 Å². The molecule has 1 rings (SSSR count). The van der Waals surface area contributed by atoms with Crippen molar-refractivity contribution < 1.29 is 24.7 Å². The number of aliphatic carboxylic acids is 2. The van der Waals surface area contributed by atoms with Gasteiger partial charge in [0.25, 0.3) is 5.69 Å². The lowest BCUT2D eigenvalue weighted by Crippen LogP contribution is -2.29. The summed E-state index contributed by atoms with van der Waals surface area (Å²) in [6, 6.07) is 5.64. The second-order valence-corrected chi connectivity index (χ2v) is 7.12. The third kappa shape index (κ3) is 5.27. The maximum absolute atomic E-state index is 10.8. The predicted octanol–water partition coefficient (Wildman–Crippen LogP) is -0.266. The van der Waals surface area contributed by atoms with E-state index in [0.717, 1.165) is 23.5 Å². The molecule has 0 aliphatic heterocycles. The van der Waals surface area contributed by atoms with E-state index in [1.54, 1.807) is 13.0 Å². The van der Waals surface area contributed by atoms with Crippen molar-refractivity contribution in [3.05, 3.63) is 39.9 Å². The lowest BCUT2D eigenvalue weighted by Gasteiger charge is -2.29. The van der Waals surface area contributed by atoms with Gasteiger partial charge < -0.3 is 19.8 Å². The number of carboxylic acids is 2. The minimum atomic E-state index is -1.30. The molecule has 21 heavy (non-hydrogen) atoms. The van der Waals surface area contributed by atoms with E-state index < -0.39 is 20.9 Å². The van der Waals surface area contributed by atoms with Crippen LogP contribution in [0, 0.1) is 10.1 Å². The molecule has 9 heteroatoms. The molecule has 0 saturated heterocycles. The van der Waals surface area contributed by atoms with Gasteiger partial charge in [0.2, 0.25) is 0 Å². The van der Waals surface area contributed by atoms with E-state index in [9.17, 15) is 29.9 Å². The molecule has 1 aromatic carbocycles. The van der Waals surface area contributed by atoms with E-state index in [-0.39, 0.29) is 17.2 Å². The Balaban J connectivity index is 3.09. The van der Waals surface area contributed by atoms with Crippen LogP contribution in [-0.2, 0) is 13.7 Å². The van der Waals surface area contributed by atoms with Gasteiger partial charge in [-0.15, -0.1) is 23.5 Å². The first-order valence-electron chi connectivity index (χ1n) is 5.67. The maximum atomic E-state index is 10.8. The molecular weight excluding hydrogens is 318 g/mol. The van der Waals surface area contributed by atoms with Gasteiger partial charge in [0, 0.05) is 23.6 Å². The predicted molar refractivity (Wildman–Crippen MR) is 75.4 cm³/mol. The van der Waals surface area contributed by atoms with Crippen molar-refractivity contribution in [2.75, 3.05) is 11.5 Å². The summed E-state index contributed by atoms with van der Waals surface area (Å²) in [5, 5.41) is 32.0. The molecule has 0 aliphatic rings. The average Bonchev–Trinajstić information content (AvgIpc) is 2.43. The van der Waals surface area contributed by atoms with E-state index in [1.165, 1.54) is 18.2 Å². The number of nitro groups is 1. The van der Waals surface area contributed by atoms with Crippen molar-refractivity contribution in [2.24, 2.45) is 0 Å². The van der Waals surface area contributed by atoms with Gasteiger partial charge >= 0.3 is 0 Å². The standard InChI is InChI=1S/C12H13NO6S2/c1-12(20-6-10(14)15,21-7-11(16)17)8-3-2-4-9(5-8)13(18)19/h2-5H,6-7H2,1H3,(H,14,15)(H,16,17)/p-2. The van der Waals surface area contributed by atoms with Crippen LogP contribution in [0.2, 0.25) is 0 Å². The van der Waals surface area contributed by atoms with Gasteiger partial charge in [-0.2, -0.15) is 0 Å². The lowest BCUT2D eigenvalue weighted by atomic mass is 10.1. The summed E-state index contributed by atoms with van der Waals surface area (Å²) < 4.78 is -0.980. The molecule has 1 aromatic rings. The molecule has 0 bridgehead atoms.